The van der Waals surface area contributed by atoms with Crippen molar-refractivity contribution in [3.05, 3.63) is 18.2 Å². The Labute approximate surface area is 141 Å². The van der Waals surface area contributed by atoms with Crippen molar-refractivity contribution in [2.45, 2.75) is 19.8 Å². The number of likely N-dealkylation sites (N-methyl/N-ethyl adjacent to an activating group) is 1. The highest BCUT2D eigenvalue weighted by molar-refractivity contribution is 5.79. The molecule has 1 amide bonds. The van der Waals surface area contributed by atoms with Crippen molar-refractivity contribution >= 4 is 11.9 Å². The quantitative estimate of drug-likeness (QED) is 0.731. The van der Waals surface area contributed by atoms with E-state index in [1.54, 1.807) is 4.90 Å². The normalized spacial score (nSPS) is 16.6. The molecule has 0 spiro atoms. The van der Waals surface area contributed by atoms with Gasteiger partial charge in [-0.15, -0.1) is 0 Å². The van der Waals surface area contributed by atoms with Crippen LogP contribution in [-0.2, 0) is 9.53 Å². The number of rotatable bonds is 8. The molecule has 1 atom stereocenters. The Balaban J connectivity index is 2.06. The molecule has 1 saturated heterocycles. The summed E-state index contributed by atoms with van der Waals surface area (Å²) in [7, 11) is 0. The fourth-order valence-corrected chi connectivity index (χ4v) is 2.96. The molecule has 1 aromatic rings. The van der Waals surface area contributed by atoms with Gasteiger partial charge in [-0.2, -0.15) is 0 Å². The summed E-state index contributed by atoms with van der Waals surface area (Å²) in [6.45, 7) is 4.37. The van der Waals surface area contributed by atoms with E-state index in [1.165, 1.54) is 0 Å². The van der Waals surface area contributed by atoms with Gasteiger partial charge in [0, 0.05) is 32.8 Å². The van der Waals surface area contributed by atoms with Gasteiger partial charge in [-0.1, -0.05) is 0 Å². The Bertz CT molecular complexity index is 509. The first-order valence-corrected chi connectivity index (χ1v) is 8.34. The van der Waals surface area contributed by atoms with Crippen molar-refractivity contribution < 1.29 is 19.0 Å². The molecule has 0 radical (unpaired) electrons. The number of hydrogen-bond acceptors (Lipinski definition) is 6. The summed E-state index contributed by atoms with van der Waals surface area (Å²) in [6.07, 6.45) is 3.81. The van der Waals surface area contributed by atoms with E-state index >= 15 is 0 Å². The third-order valence-corrected chi connectivity index (χ3v) is 4.32. The Hall–Kier alpha value is -1.80. The zero-order valence-electron chi connectivity index (χ0n) is 13.9. The van der Waals surface area contributed by atoms with Crippen molar-refractivity contribution in [3.8, 4) is 0 Å². The van der Waals surface area contributed by atoms with Crippen molar-refractivity contribution in [1.82, 2.24) is 14.9 Å². The Morgan fingerprint density at radius 3 is 2.71 bits per heavy atom. The molecule has 7 nitrogen and oxygen atoms in total. The van der Waals surface area contributed by atoms with Crippen LogP contribution in [-0.4, -0.2) is 65.3 Å². The molecule has 0 aliphatic carbocycles. The smallest absolute Gasteiger partial charge is 0.227 e. The van der Waals surface area contributed by atoms with Crippen molar-refractivity contribution in [3.63, 3.8) is 0 Å². The molecule has 0 bridgehead atoms. The summed E-state index contributed by atoms with van der Waals surface area (Å²) in [4.78, 5) is 22.3. The third-order valence-electron chi connectivity index (χ3n) is 4.32. The van der Waals surface area contributed by atoms with Crippen LogP contribution in [0.2, 0.25) is 0 Å². The number of ether oxygens (including phenoxy) is 1. The van der Waals surface area contributed by atoms with Crippen LogP contribution in [0.5, 0.6) is 0 Å². The fourth-order valence-electron chi connectivity index (χ4n) is 2.96. The molecule has 134 valence electrons. The number of carbonyl (C=O) groups excluding carboxylic acids is 1. The minimum atomic E-state index is -0.502. The second kappa shape index (κ2) is 9.48. The highest BCUT2D eigenvalue weighted by Crippen LogP contribution is 2.26. The maximum Gasteiger partial charge on any atom is 0.227 e. The maximum atomic E-state index is 12.9. The molecule has 1 unspecified atom stereocenters. The highest BCUT2D eigenvalue weighted by Gasteiger charge is 2.32. The fraction of sp³-hybridized carbons (Fsp3) is 0.688. The van der Waals surface area contributed by atoms with Gasteiger partial charge in [-0.05, 0) is 25.7 Å². The molecular formula is C16H25FN4O3. The van der Waals surface area contributed by atoms with E-state index in [4.69, 9.17) is 9.84 Å². The van der Waals surface area contributed by atoms with E-state index in [0.29, 0.717) is 38.8 Å². The monoisotopic (exact) mass is 340 g/mol. The van der Waals surface area contributed by atoms with Gasteiger partial charge in [0.2, 0.25) is 11.9 Å². The first kappa shape index (κ1) is 18.5. The van der Waals surface area contributed by atoms with Gasteiger partial charge in [-0.3, -0.25) is 4.79 Å². The van der Waals surface area contributed by atoms with Crippen LogP contribution in [0.4, 0.5) is 10.3 Å². The Morgan fingerprint density at radius 2 is 2.12 bits per heavy atom. The van der Waals surface area contributed by atoms with Gasteiger partial charge < -0.3 is 20.1 Å². The largest absolute Gasteiger partial charge is 0.395 e. The van der Waals surface area contributed by atoms with Gasteiger partial charge in [0.15, 0.2) is 5.82 Å². The van der Waals surface area contributed by atoms with Crippen molar-refractivity contribution in [2.75, 3.05) is 44.8 Å². The van der Waals surface area contributed by atoms with E-state index < -0.39 is 5.82 Å². The SMILES string of the molecule is CCN(CCO)C(=O)C(CNc1ncc(F)cn1)C1CCOCC1. The lowest BCUT2D eigenvalue weighted by atomic mass is 9.84. The number of carbonyl (C=O) groups is 1. The Kier molecular flexibility index (Phi) is 7.33. The topological polar surface area (TPSA) is 87.6 Å². The number of nitrogens with one attached hydrogen (secondary N) is 1. The van der Waals surface area contributed by atoms with Crippen molar-refractivity contribution in [2.24, 2.45) is 11.8 Å². The molecule has 2 rings (SSSR count). The molecule has 1 aliphatic rings. The summed E-state index contributed by atoms with van der Waals surface area (Å²) in [5.41, 5.74) is 0. The number of aliphatic hydroxyl groups excluding tert-OH is 1. The zero-order valence-corrected chi connectivity index (χ0v) is 13.9. The highest BCUT2D eigenvalue weighted by atomic mass is 19.1. The van der Waals surface area contributed by atoms with Crippen LogP contribution in [0.15, 0.2) is 12.4 Å². The second-order valence-corrected chi connectivity index (χ2v) is 5.80. The number of aliphatic hydroxyl groups is 1. The van der Waals surface area contributed by atoms with E-state index in [-0.39, 0.29) is 24.3 Å². The minimum Gasteiger partial charge on any atom is -0.395 e. The minimum absolute atomic E-state index is 0.00746. The van der Waals surface area contributed by atoms with E-state index in [0.717, 1.165) is 25.2 Å². The molecule has 24 heavy (non-hydrogen) atoms. The summed E-state index contributed by atoms with van der Waals surface area (Å²) in [6, 6.07) is 0. The predicted molar refractivity (Wildman–Crippen MR) is 86.9 cm³/mol. The zero-order chi connectivity index (χ0) is 17.4. The van der Waals surface area contributed by atoms with Gasteiger partial charge >= 0.3 is 0 Å². The lowest BCUT2D eigenvalue weighted by Crippen LogP contribution is -2.44. The van der Waals surface area contributed by atoms with Gasteiger partial charge in [0.25, 0.3) is 0 Å². The van der Waals surface area contributed by atoms with Crippen LogP contribution >= 0.6 is 0 Å². The van der Waals surface area contributed by atoms with Gasteiger partial charge in [0.1, 0.15) is 0 Å². The van der Waals surface area contributed by atoms with E-state index in [9.17, 15) is 9.18 Å². The number of amides is 1. The summed E-state index contributed by atoms with van der Waals surface area (Å²) >= 11 is 0. The summed E-state index contributed by atoms with van der Waals surface area (Å²) in [5.74, 6) is -0.252. The number of halogens is 1. The molecule has 1 aliphatic heterocycles. The molecule has 8 heteroatoms. The van der Waals surface area contributed by atoms with Crippen LogP contribution in [0, 0.1) is 17.7 Å². The predicted octanol–water partition coefficient (Wildman–Crippen LogP) is 0.911. The molecule has 0 aromatic carbocycles. The number of nitrogens with zero attached hydrogens (tertiary/aromatic N) is 3. The van der Waals surface area contributed by atoms with Crippen LogP contribution in [0.25, 0.3) is 0 Å². The van der Waals surface area contributed by atoms with Gasteiger partial charge in [-0.25, -0.2) is 14.4 Å². The summed E-state index contributed by atoms with van der Waals surface area (Å²) < 4.78 is 18.3. The molecule has 1 fully saturated rings. The lowest BCUT2D eigenvalue weighted by Gasteiger charge is -2.33. The number of hydrogen-bond donors (Lipinski definition) is 2. The van der Waals surface area contributed by atoms with Crippen LogP contribution in [0.3, 0.4) is 0 Å². The average molecular weight is 340 g/mol. The number of anilines is 1. The summed E-state index contributed by atoms with van der Waals surface area (Å²) in [5, 5.41) is 12.2. The average Bonchev–Trinajstić information content (AvgIpc) is 2.62. The number of aromatic nitrogens is 2. The first-order valence-electron chi connectivity index (χ1n) is 8.34. The van der Waals surface area contributed by atoms with Crippen LogP contribution < -0.4 is 5.32 Å². The third kappa shape index (κ3) is 5.10. The molecule has 2 N–H and O–H groups in total. The van der Waals surface area contributed by atoms with Crippen LogP contribution in [0.1, 0.15) is 19.8 Å². The second-order valence-electron chi connectivity index (χ2n) is 5.80. The lowest BCUT2D eigenvalue weighted by molar-refractivity contribution is -0.138. The molecule has 1 aromatic heterocycles. The maximum absolute atomic E-state index is 12.9. The van der Waals surface area contributed by atoms with Crippen molar-refractivity contribution in [1.29, 1.82) is 0 Å². The standard InChI is InChI=1S/C16H25FN4O3/c1-2-21(5-6-22)15(23)14(12-3-7-24-8-4-12)11-20-16-18-9-13(17)10-19-16/h9-10,12,14,22H,2-8,11H2,1H3,(H,18,19,20). The molecule has 0 saturated carbocycles. The molecular weight excluding hydrogens is 315 g/mol. The molecule has 2 heterocycles. The van der Waals surface area contributed by atoms with E-state index in [1.807, 2.05) is 6.92 Å². The van der Waals surface area contributed by atoms with Gasteiger partial charge in [0.05, 0.1) is 24.9 Å². The van der Waals surface area contributed by atoms with E-state index in [2.05, 4.69) is 15.3 Å². The first-order chi connectivity index (χ1) is 11.7. The Morgan fingerprint density at radius 1 is 1.46 bits per heavy atom.